The number of rotatable bonds is 3. The van der Waals surface area contributed by atoms with Crippen LogP contribution in [0, 0.1) is 16.7 Å². The van der Waals surface area contributed by atoms with Crippen molar-refractivity contribution in [2.45, 2.75) is 77.5 Å². The summed E-state index contributed by atoms with van der Waals surface area (Å²) >= 11 is 0. The van der Waals surface area contributed by atoms with Crippen LogP contribution in [-0.2, 0) is 4.74 Å². The molecule has 0 heterocycles. The van der Waals surface area contributed by atoms with E-state index >= 15 is 0 Å². The summed E-state index contributed by atoms with van der Waals surface area (Å²) in [7, 11) is 1.87. The van der Waals surface area contributed by atoms with Gasteiger partial charge in [0, 0.05) is 19.2 Å². The van der Waals surface area contributed by atoms with Crippen molar-refractivity contribution in [1.82, 2.24) is 5.32 Å². The largest absolute Gasteiger partial charge is 0.380 e. The van der Waals surface area contributed by atoms with Crippen LogP contribution in [0.4, 0.5) is 0 Å². The molecule has 0 aromatic carbocycles. The van der Waals surface area contributed by atoms with Gasteiger partial charge in [-0.3, -0.25) is 0 Å². The van der Waals surface area contributed by atoms with Crippen molar-refractivity contribution in [3.63, 3.8) is 0 Å². The Bertz CT molecular complexity index is 322. The average Bonchev–Trinajstić information content (AvgIpc) is 2.95. The number of hydrogen-bond acceptors (Lipinski definition) is 2. The van der Waals surface area contributed by atoms with Crippen molar-refractivity contribution >= 4 is 0 Å². The van der Waals surface area contributed by atoms with E-state index in [-0.39, 0.29) is 0 Å². The van der Waals surface area contributed by atoms with Crippen LogP contribution in [0.3, 0.4) is 0 Å². The third kappa shape index (κ3) is 1.76. The smallest absolute Gasteiger partial charge is 0.0724 e. The highest BCUT2D eigenvalue weighted by molar-refractivity contribution is 5.13. The normalized spacial score (nSPS) is 50.0. The van der Waals surface area contributed by atoms with Gasteiger partial charge in [0.1, 0.15) is 0 Å². The summed E-state index contributed by atoms with van der Waals surface area (Å²) < 4.78 is 5.65. The highest BCUT2D eigenvalue weighted by atomic mass is 16.5. The summed E-state index contributed by atoms with van der Waals surface area (Å²) in [5.41, 5.74) is 1.00. The number of ether oxygens (including phenoxy) is 1. The van der Waals surface area contributed by atoms with Crippen LogP contribution in [0.2, 0.25) is 0 Å². The van der Waals surface area contributed by atoms with E-state index < -0.39 is 0 Å². The van der Waals surface area contributed by atoms with E-state index in [1.807, 2.05) is 7.11 Å². The van der Waals surface area contributed by atoms with Crippen LogP contribution < -0.4 is 5.32 Å². The van der Waals surface area contributed by atoms with Crippen LogP contribution >= 0.6 is 0 Å². The van der Waals surface area contributed by atoms with E-state index in [2.05, 4.69) is 26.1 Å². The zero-order valence-corrected chi connectivity index (χ0v) is 12.5. The Hall–Kier alpha value is -0.0800. The zero-order chi connectivity index (χ0) is 13.0. The standard InChI is InChI=1S/C16H29NO/c1-15(2)11-8-9-16(3,10-11)14(15)17-12-6-5-7-13(12)18-4/h11-14,17H,5-10H2,1-4H3. The molecule has 0 aromatic heterocycles. The van der Waals surface area contributed by atoms with Crippen LogP contribution in [0.5, 0.6) is 0 Å². The van der Waals surface area contributed by atoms with Crippen molar-refractivity contribution in [2.24, 2.45) is 16.7 Å². The second-order valence-corrected chi connectivity index (χ2v) is 7.83. The van der Waals surface area contributed by atoms with Crippen molar-refractivity contribution in [1.29, 1.82) is 0 Å². The van der Waals surface area contributed by atoms with Crippen molar-refractivity contribution < 1.29 is 4.74 Å². The molecule has 18 heavy (non-hydrogen) atoms. The quantitative estimate of drug-likeness (QED) is 0.830. The van der Waals surface area contributed by atoms with Crippen molar-refractivity contribution in [2.75, 3.05) is 7.11 Å². The van der Waals surface area contributed by atoms with Gasteiger partial charge >= 0.3 is 0 Å². The fourth-order valence-corrected chi connectivity index (χ4v) is 5.33. The van der Waals surface area contributed by atoms with Gasteiger partial charge in [-0.05, 0) is 55.3 Å². The molecule has 104 valence electrons. The molecule has 2 nitrogen and oxygen atoms in total. The predicted octanol–water partition coefficient (Wildman–Crippen LogP) is 3.36. The van der Waals surface area contributed by atoms with E-state index in [9.17, 15) is 0 Å². The molecule has 3 aliphatic rings. The molecule has 2 bridgehead atoms. The zero-order valence-electron chi connectivity index (χ0n) is 12.5. The summed E-state index contributed by atoms with van der Waals surface area (Å²) in [4.78, 5) is 0. The summed E-state index contributed by atoms with van der Waals surface area (Å²) in [5, 5.41) is 4.02. The Kier molecular flexibility index (Phi) is 3.02. The number of methoxy groups -OCH3 is 1. The lowest BCUT2D eigenvalue weighted by molar-refractivity contribution is 0.0467. The Morgan fingerprint density at radius 2 is 1.89 bits per heavy atom. The highest BCUT2D eigenvalue weighted by Crippen LogP contribution is 2.62. The minimum Gasteiger partial charge on any atom is -0.380 e. The van der Waals surface area contributed by atoms with Crippen molar-refractivity contribution in [3.05, 3.63) is 0 Å². The molecular formula is C16H29NO. The summed E-state index contributed by atoms with van der Waals surface area (Å²) in [5.74, 6) is 0.933. The summed E-state index contributed by atoms with van der Waals surface area (Å²) in [6, 6.07) is 1.28. The molecule has 0 spiro atoms. The van der Waals surface area contributed by atoms with Gasteiger partial charge in [-0.1, -0.05) is 20.8 Å². The lowest BCUT2D eigenvalue weighted by atomic mass is 9.68. The van der Waals surface area contributed by atoms with Gasteiger partial charge in [0.25, 0.3) is 0 Å². The molecule has 0 saturated heterocycles. The van der Waals surface area contributed by atoms with Gasteiger partial charge < -0.3 is 10.1 Å². The molecule has 3 rings (SSSR count). The fourth-order valence-electron chi connectivity index (χ4n) is 5.33. The van der Waals surface area contributed by atoms with Crippen LogP contribution in [0.15, 0.2) is 0 Å². The molecule has 0 radical (unpaired) electrons. The number of hydrogen-bond donors (Lipinski definition) is 1. The van der Waals surface area contributed by atoms with E-state index in [1.165, 1.54) is 38.5 Å². The van der Waals surface area contributed by atoms with Gasteiger partial charge in [-0.25, -0.2) is 0 Å². The van der Waals surface area contributed by atoms with Crippen LogP contribution in [0.1, 0.15) is 59.3 Å². The van der Waals surface area contributed by atoms with E-state index in [1.54, 1.807) is 0 Å². The highest BCUT2D eigenvalue weighted by Gasteiger charge is 2.59. The van der Waals surface area contributed by atoms with Crippen molar-refractivity contribution in [3.8, 4) is 0 Å². The summed E-state index contributed by atoms with van der Waals surface area (Å²) in [6.45, 7) is 7.48. The topological polar surface area (TPSA) is 21.3 Å². The fraction of sp³-hybridized carbons (Fsp3) is 1.00. The van der Waals surface area contributed by atoms with E-state index in [0.29, 0.717) is 29.0 Å². The second kappa shape index (κ2) is 4.21. The molecule has 3 saturated carbocycles. The van der Waals surface area contributed by atoms with Gasteiger partial charge in [0.05, 0.1) is 6.10 Å². The third-order valence-corrected chi connectivity index (χ3v) is 6.41. The maximum absolute atomic E-state index is 5.65. The lowest BCUT2D eigenvalue weighted by Crippen LogP contribution is -2.55. The number of nitrogens with one attached hydrogen (secondary N) is 1. The molecular weight excluding hydrogens is 222 g/mol. The average molecular weight is 251 g/mol. The van der Waals surface area contributed by atoms with Gasteiger partial charge in [0.15, 0.2) is 0 Å². The van der Waals surface area contributed by atoms with E-state index in [4.69, 9.17) is 4.74 Å². The minimum absolute atomic E-state index is 0.448. The minimum atomic E-state index is 0.448. The molecule has 2 heteroatoms. The number of fused-ring (bicyclic) bond motifs is 2. The third-order valence-electron chi connectivity index (χ3n) is 6.41. The maximum Gasteiger partial charge on any atom is 0.0724 e. The van der Waals surface area contributed by atoms with Gasteiger partial charge in [0.2, 0.25) is 0 Å². The molecule has 5 unspecified atom stereocenters. The Morgan fingerprint density at radius 3 is 2.50 bits per heavy atom. The van der Waals surface area contributed by atoms with Crippen LogP contribution in [0.25, 0.3) is 0 Å². The lowest BCUT2D eigenvalue weighted by Gasteiger charge is -2.45. The Labute approximate surface area is 112 Å². The second-order valence-electron chi connectivity index (χ2n) is 7.83. The SMILES string of the molecule is COC1CCCC1NC1C2(C)CCC(C2)C1(C)C. The molecule has 3 aliphatic carbocycles. The summed E-state index contributed by atoms with van der Waals surface area (Å²) in [6.07, 6.45) is 8.60. The molecule has 0 aliphatic heterocycles. The first-order valence-corrected chi connectivity index (χ1v) is 7.76. The Balaban J connectivity index is 1.76. The maximum atomic E-state index is 5.65. The molecule has 3 fully saturated rings. The molecule has 0 amide bonds. The van der Waals surface area contributed by atoms with Gasteiger partial charge in [-0.15, -0.1) is 0 Å². The first-order valence-electron chi connectivity index (χ1n) is 7.76. The van der Waals surface area contributed by atoms with Crippen LogP contribution in [-0.4, -0.2) is 25.3 Å². The molecule has 1 N–H and O–H groups in total. The van der Waals surface area contributed by atoms with E-state index in [0.717, 1.165) is 5.92 Å². The molecule has 0 aromatic rings. The Morgan fingerprint density at radius 1 is 1.11 bits per heavy atom. The predicted molar refractivity (Wildman–Crippen MR) is 74.6 cm³/mol. The first kappa shape index (κ1) is 12.9. The monoisotopic (exact) mass is 251 g/mol. The molecule has 5 atom stereocenters. The first-order chi connectivity index (χ1) is 8.47. The van der Waals surface area contributed by atoms with Gasteiger partial charge in [-0.2, -0.15) is 0 Å².